The van der Waals surface area contributed by atoms with Gasteiger partial charge in [-0.25, -0.2) is 4.39 Å². The predicted molar refractivity (Wildman–Crippen MR) is 57.4 cm³/mol. The van der Waals surface area contributed by atoms with Crippen LogP contribution >= 0.6 is 0 Å². The van der Waals surface area contributed by atoms with Gasteiger partial charge in [0.15, 0.2) is 0 Å². The highest BCUT2D eigenvalue weighted by atomic mass is 19.1. The van der Waals surface area contributed by atoms with Crippen molar-refractivity contribution in [2.75, 3.05) is 0 Å². The number of carbonyl (C=O) groups is 2. The SMILES string of the molecule is O=C1C(=O)c2cc(CF)cc3cccc1c23. The van der Waals surface area contributed by atoms with Crippen LogP contribution in [0.2, 0.25) is 0 Å². The zero-order chi connectivity index (χ0) is 11.3. The molecule has 0 bridgehead atoms. The minimum absolute atomic E-state index is 0.339. The van der Waals surface area contributed by atoms with Crippen LogP contribution in [0.4, 0.5) is 4.39 Å². The Kier molecular flexibility index (Phi) is 1.72. The summed E-state index contributed by atoms with van der Waals surface area (Å²) in [6.45, 7) is -0.630. The van der Waals surface area contributed by atoms with Crippen molar-refractivity contribution < 1.29 is 14.0 Å². The highest BCUT2D eigenvalue weighted by molar-refractivity contribution is 6.57. The summed E-state index contributed by atoms with van der Waals surface area (Å²) in [6.07, 6.45) is 0. The lowest BCUT2D eigenvalue weighted by molar-refractivity contribution is 0.0825. The van der Waals surface area contributed by atoms with Crippen molar-refractivity contribution in [2.24, 2.45) is 0 Å². The molecule has 3 heteroatoms. The van der Waals surface area contributed by atoms with E-state index >= 15 is 0 Å². The fourth-order valence-corrected chi connectivity index (χ4v) is 2.18. The summed E-state index contributed by atoms with van der Waals surface area (Å²) < 4.78 is 12.6. The van der Waals surface area contributed by atoms with Crippen molar-refractivity contribution in [1.82, 2.24) is 0 Å². The number of benzene rings is 2. The zero-order valence-electron chi connectivity index (χ0n) is 8.29. The van der Waals surface area contributed by atoms with E-state index < -0.39 is 18.2 Å². The average Bonchev–Trinajstić information content (AvgIpc) is 2.56. The minimum atomic E-state index is -0.630. The predicted octanol–water partition coefficient (Wildman–Crippen LogP) is 2.69. The average molecular weight is 214 g/mol. The Balaban J connectivity index is 2.50. The molecule has 0 saturated carbocycles. The third kappa shape index (κ3) is 0.999. The molecule has 0 radical (unpaired) electrons. The van der Waals surface area contributed by atoms with Gasteiger partial charge in [-0.3, -0.25) is 9.59 Å². The first kappa shape index (κ1) is 9.21. The molecule has 0 unspecified atom stereocenters. The summed E-state index contributed by atoms with van der Waals surface area (Å²) in [4.78, 5) is 23.3. The van der Waals surface area contributed by atoms with Crippen LogP contribution in [0.3, 0.4) is 0 Å². The van der Waals surface area contributed by atoms with Crippen LogP contribution in [0.1, 0.15) is 26.3 Å². The number of carbonyl (C=O) groups excluding carboxylic acids is 2. The Morgan fingerprint density at radius 3 is 2.50 bits per heavy atom. The highest BCUT2D eigenvalue weighted by Crippen LogP contribution is 2.31. The number of halogens is 1. The first-order valence-corrected chi connectivity index (χ1v) is 4.93. The van der Waals surface area contributed by atoms with E-state index in [9.17, 15) is 14.0 Å². The Labute approximate surface area is 90.7 Å². The molecular formula is C13H7FO2. The lowest BCUT2D eigenvalue weighted by Crippen LogP contribution is -2.06. The smallest absolute Gasteiger partial charge is 0.234 e. The molecule has 16 heavy (non-hydrogen) atoms. The van der Waals surface area contributed by atoms with Crippen molar-refractivity contribution in [3.63, 3.8) is 0 Å². The molecule has 0 fully saturated rings. The topological polar surface area (TPSA) is 34.1 Å². The van der Waals surface area contributed by atoms with Crippen LogP contribution in [0.5, 0.6) is 0 Å². The van der Waals surface area contributed by atoms with Crippen molar-refractivity contribution in [3.05, 3.63) is 47.0 Å². The third-order valence-corrected chi connectivity index (χ3v) is 2.89. The van der Waals surface area contributed by atoms with E-state index in [1.165, 1.54) is 6.07 Å². The molecule has 0 N–H and O–H groups in total. The second-order valence-corrected chi connectivity index (χ2v) is 3.84. The minimum Gasteiger partial charge on any atom is -0.285 e. The van der Waals surface area contributed by atoms with Gasteiger partial charge in [-0.05, 0) is 23.1 Å². The lowest BCUT2D eigenvalue weighted by Gasteiger charge is -2.02. The van der Waals surface area contributed by atoms with Crippen molar-refractivity contribution in [2.45, 2.75) is 6.67 Å². The lowest BCUT2D eigenvalue weighted by atomic mass is 10.0. The van der Waals surface area contributed by atoms with E-state index in [1.807, 2.05) is 0 Å². The molecule has 0 spiro atoms. The normalized spacial score (nSPS) is 13.8. The van der Waals surface area contributed by atoms with Gasteiger partial charge in [0, 0.05) is 16.5 Å². The van der Waals surface area contributed by atoms with Gasteiger partial charge < -0.3 is 0 Å². The number of alkyl halides is 1. The maximum atomic E-state index is 12.6. The number of hydrogen-bond acceptors (Lipinski definition) is 2. The first-order valence-electron chi connectivity index (χ1n) is 4.93. The fourth-order valence-electron chi connectivity index (χ4n) is 2.18. The van der Waals surface area contributed by atoms with Crippen LogP contribution in [0.25, 0.3) is 10.8 Å². The second kappa shape index (κ2) is 2.98. The van der Waals surface area contributed by atoms with Gasteiger partial charge in [0.25, 0.3) is 0 Å². The van der Waals surface area contributed by atoms with Crippen LogP contribution in [0.15, 0.2) is 30.3 Å². The van der Waals surface area contributed by atoms with Crippen molar-refractivity contribution >= 4 is 22.3 Å². The Morgan fingerprint density at radius 1 is 1.00 bits per heavy atom. The number of rotatable bonds is 1. The van der Waals surface area contributed by atoms with E-state index in [0.717, 1.165) is 5.39 Å². The Bertz CT molecular complexity index is 644. The van der Waals surface area contributed by atoms with Crippen molar-refractivity contribution in [1.29, 1.82) is 0 Å². The highest BCUT2D eigenvalue weighted by Gasteiger charge is 2.30. The van der Waals surface area contributed by atoms with Gasteiger partial charge in [0.2, 0.25) is 11.6 Å². The molecule has 0 amide bonds. The number of hydrogen-bond donors (Lipinski definition) is 0. The monoisotopic (exact) mass is 214 g/mol. The molecule has 0 heterocycles. The number of ketones is 2. The van der Waals surface area contributed by atoms with E-state index in [-0.39, 0.29) is 0 Å². The third-order valence-electron chi connectivity index (χ3n) is 2.89. The molecule has 0 saturated heterocycles. The quantitative estimate of drug-likeness (QED) is 0.684. The zero-order valence-corrected chi connectivity index (χ0v) is 8.29. The van der Waals surface area contributed by atoms with E-state index in [0.29, 0.717) is 22.1 Å². The van der Waals surface area contributed by atoms with E-state index in [1.54, 1.807) is 24.3 Å². The van der Waals surface area contributed by atoms with E-state index in [2.05, 4.69) is 0 Å². The molecule has 2 nitrogen and oxygen atoms in total. The van der Waals surface area contributed by atoms with E-state index in [4.69, 9.17) is 0 Å². The molecule has 0 aliphatic heterocycles. The largest absolute Gasteiger partial charge is 0.285 e. The molecule has 3 rings (SSSR count). The molecule has 0 aromatic heterocycles. The molecule has 0 atom stereocenters. The van der Waals surface area contributed by atoms with Crippen LogP contribution < -0.4 is 0 Å². The second-order valence-electron chi connectivity index (χ2n) is 3.84. The van der Waals surface area contributed by atoms with Gasteiger partial charge in [0.05, 0.1) is 0 Å². The summed E-state index contributed by atoms with van der Waals surface area (Å²) in [6, 6.07) is 8.27. The summed E-state index contributed by atoms with van der Waals surface area (Å²) in [5.41, 5.74) is 1.20. The molecule has 2 aromatic carbocycles. The van der Waals surface area contributed by atoms with Gasteiger partial charge in [-0.1, -0.05) is 18.2 Å². The molecule has 1 aliphatic carbocycles. The maximum Gasteiger partial charge on any atom is 0.234 e. The Hall–Kier alpha value is -2.03. The van der Waals surface area contributed by atoms with Gasteiger partial charge in [-0.2, -0.15) is 0 Å². The van der Waals surface area contributed by atoms with Gasteiger partial charge in [0.1, 0.15) is 6.67 Å². The van der Waals surface area contributed by atoms with Crippen molar-refractivity contribution in [3.8, 4) is 0 Å². The number of Topliss-reactive ketones (excluding diaryl/α,β-unsaturated/α-hetero) is 2. The van der Waals surface area contributed by atoms with Crippen LogP contribution in [0, 0.1) is 0 Å². The maximum absolute atomic E-state index is 12.6. The molecule has 1 aliphatic rings. The fraction of sp³-hybridized carbons (Fsp3) is 0.0769. The first-order chi connectivity index (χ1) is 7.72. The molecule has 2 aromatic rings. The summed E-state index contributed by atoms with van der Waals surface area (Å²) >= 11 is 0. The molecular weight excluding hydrogens is 207 g/mol. The van der Waals surface area contributed by atoms with Crippen LogP contribution in [-0.2, 0) is 6.67 Å². The standard InChI is InChI=1S/C13H7FO2/c14-6-7-4-8-2-1-3-9-11(8)10(5-7)13(16)12(9)15/h1-5H,6H2. The van der Waals surface area contributed by atoms with Gasteiger partial charge >= 0.3 is 0 Å². The Morgan fingerprint density at radius 2 is 1.75 bits per heavy atom. The summed E-state index contributed by atoms with van der Waals surface area (Å²) in [5.74, 6) is -1.02. The molecule has 78 valence electrons. The summed E-state index contributed by atoms with van der Waals surface area (Å²) in [5, 5.41) is 1.41. The van der Waals surface area contributed by atoms with Crippen LogP contribution in [-0.4, -0.2) is 11.6 Å². The van der Waals surface area contributed by atoms with Gasteiger partial charge in [-0.15, -0.1) is 0 Å². The summed E-state index contributed by atoms with van der Waals surface area (Å²) in [7, 11) is 0.